The Morgan fingerprint density at radius 3 is 2.48 bits per heavy atom. The summed E-state index contributed by atoms with van der Waals surface area (Å²) in [5.41, 5.74) is 4.80. The first kappa shape index (κ1) is 27.9. The summed E-state index contributed by atoms with van der Waals surface area (Å²) in [6, 6.07) is 32.0. The standard InChI is InChI=1S/C34H25N5O5/c40-30-15-14-26(37-38-28-12-6-10-23-7-4-5-11-27(23)28)19-25(30)20-35-39-34(42)29(36-33(41)24-8-2-1-3-9-24)17-22-13-16-31-32(18-22)44-21-43-31/h1-20,40H,21H2,(H,36,41)(H,39,42)/b29-17-,35-20-,38-37?. The molecule has 10 heteroatoms. The SMILES string of the molecule is O=C(N/N=C\c1cc(N=Nc2cccc3ccccc23)ccc1O)/C(=C/c1ccc2c(c1)OCO2)NC(=O)c1ccccc1. The van der Waals surface area contributed by atoms with E-state index < -0.39 is 11.8 Å². The molecular formula is C34H25N5O5. The minimum atomic E-state index is -0.686. The molecule has 5 aromatic rings. The molecule has 5 aromatic carbocycles. The summed E-state index contributed by atoms with van der Waals surface area (Å²) in [4.78, 5) is 26.1. The van der Waals surface area contributed by atoms with Gasteiger partial charge in [-0.05, 0) is 65.6 Å². The van der Waals surface area contributed by atoms with Crippen LogP contribution in [0.2, 0.25) is 0 Å². The Labute approximate surface area is 252 Å². The molecule has 0 radical (unpaired) electrons. The maximum atomic E-state index is 13.2. The zero-order valence-corrected chi connectivity index (χ0v) is 23.2. The lowest BCUT2D eigenvalue weighted by molar-refractivity contribution is -0.117. The number of hydrogen-bond donors (Lipinski definition) is 3. The van der Waals surface area contributed by atoms with E-state index in [1.54, 1.807) is 60.7 Å². The summed E-state index contributed by atoms with van der Waals surface area (Å²) in [5, 5.41) is 27.8. The van der Waals surface area contributed by atoms with Gasteiger partial charge in [0, 0.05) is 16.5 Å². The van der Waals surface area contributed by atoms with Crippen LogP contribution in [-0.4, -0.2) is 29.9 Å². The quantitative estimate of drug-likeness (QED) is 0.0818. The summed E-state index contributed by atoms with van der Waals surface area (Å²) < 4.78 is 10.8. The Morgan fingerprint density at radius 1 is 0.795 bits per heavy atom. The fourth-order valence-corrected chi connectivity index (χ4v) is 4.45. The number of nitrogens with zero attached hydrogens (tertiary/aromatic N) is 3. The molecule has 1 aliphatic heterocycles. The lowest BCUT2D eigenvalue weighted by atomic mass is 10.1. The van der Waals surface area contributed by atoms with Gasteiger partial charge in [0.25, 0.3) is 11.8 Å². The van der Waals surface area contributed by atoms with Crippen molar-refractivity contribution < 1.29 is 24.2 Å². The number of carbonyl (C=O) groups is 2. The lowest BCUT2D eigenvalue weighted by Gasteiger charge is -2.09. The van der Waals surface area contributed by atoms with Crippen molar-refractivity contribution >= 4 is 46.3 Å². The van der Waals surface area contributed by atoms with Crippen LogP contribution < -0.4 is 20.2 Å². The number of fused-ring (bicyclic) bond motifs is 2. The second-order valence-corrected chi connectivity index (χ2v) is 9.63. The molecular weight excluding hydrogens is 558 g/mol. The number of amides is 2. The number of nitrogens with one attached hydrogen (secondary N) is 2. The molecule has 216 valence electrons. The van der Waals surface area contributed by atoms with E-state index in [1.165, 1.54) is 18.4 Å². The Kier molecular flexibility index (Phi) is 8.04. The van der Waals surface area contributed by atoms with Gasteiger partial charge in [0.1, 0.15) is 11.4 Å². The summed E-state index contributed by atoms with van der Waals surface area (Å²) in [7, 11) is 0. The Morgan fingerprint density at radius 2 is 1.59 bits per heavy atom. The molecule has 0 bridgehead atoms. The number of rotatable bonds is 8. The summed E-state index contributed by atoms with van der Waals surface area (Å²) in [5.74, 6) is -0.114. The minimum Gasteiger partial charge on any atom is -0.507 e. The van der Waals surface area contributed by atoms with Crippen molar-refractivity contribution in [2.24, 2.45) is 15.3 Å². The molecule has 44 heavy (non-hydrogen) atoms. The molecule has 1 heterocycles. The van der Waals surface area contributed by atoms with Gasteiger partial charge in [-0.25, -0.2) is 5.43 Å². The predicted octanol–water partition coefficient (Wildman–Crippen LogP) is 6.61. The first-order chi connectivity index (χ1) is 21.5. The van der Waals surface area contributed by atoms with Crippen molar-refractivity contribution in [2.45, 2.75) is 0 Å². The maximum absolute atomic E-state index is 13.2. The second-order valence-electron chi connectivity index (χ2n) is 9.63. The first-order valence-corrected chi connectivity index (χ1v) is 13.6. The highest BCUT2D eigenvalue weighted by Crippen LogP contribution is 2.33. The van der Waals surface area contributed by atoms with Crippen LogP contribution in [0.25, 0.3) is 16.8 Å². The average molecular weight is 584 g/mol. The van der Waals surface area contributed by atoms with Crippen LogP contribution in [0.1, 0.15) is 21.5 Å². The van der Waals surface area contributed by atoms with Crippen LogP contribution >= 0.6 is 0 Å². The van der Waals surface area contributed by atoms with Crippen LogP contribution in [0.5, 0.6) is 17.2 Å². The Hall–Kier alpha value is -6.29. The number of hydrazone groups is 1. The van der Waals surface area contributed by atoms with Crippen molar-refractivity contribution in [3.05, 3.63) is 132 Å². The number of phenolic OH excluding ortho intramolecular Hbond substituents is 1. The molecule has 0 aliphatic carbocycles. The number of hydrogen-bond acceptors (Lipinski definition) is 8. The fraction of sp³-hybridized carbons (Fsp3) is 0.0294. The van der Waals surface area contributed by atoms with Crippen molar-refractivity contribution in [3.8, 4) is 17.2 Å². The Balaban J connectivity index is 1.20. The number of phenols is 1. The highest BCUT2D eigenvalue weighted by atomic mass is 16.7. The number of azo groups is 1. The van der Waals surface area contributed by atoms with Gasteiger partial charge in [-0.2, -0.15) is 10.2 Å². The highest BCUT2D eigenvalue weighted by Gasteiger charge is 2.17. The molecule has 0 saturated heterocycles. The van der Waals surface area contributed by atoms with E-state index >= 15 is 0 Å². The molecule has 0 spiro atoms. The van der Waals surface area contributed by atoms with Gasteiger partial charge < -0.3 is 19.9 Å². The molecule has 0 atom stereocenters. The van der Waals surface area contributed by atoms with Crippen LogP contribution in [0.4, 0.5) is 11.4 Å². The summed E-state index contributed by atoms with van der Waals surface area (Å²) >= 11 is 0. The van der Waals surface area contributed by atoms with Crippen molar-refractivity contribution in [3.63, 3.8) is 0 Å². The van der Waals surface area contributed by atoms with E-state index in [0.29, 0.717) is 39.6 Å². The molecule has 1 aliphatic rings. The van der Waals surface area contributed by atoms with E-state index in [4.69, 9.17) is 9.47 Å². The van der Waals surface area contributed by atoms with E-state index in [1.807, 2.05) is 42.5 Å². The van der Waals surface area contributed by atoms with Gasteiger partial charge in [0.15, 0.2) is 11.5 Å². The van der Waals surface area contributed by atoms with Gasteiger partial charge in [-0.1, -0.05) is 60.7 Å². The van der Waals surface area contributed by atoms with Crippen LogP contribution in [0.15, 0.2) is 130 Å². The fourth-order valence-electron chi connectivity index (χ4n) is 4.45. The zero-order chi connectivity index (χ0) is 30.3. The van der Waals surface area contributed by atoms with Gasteiger partial charge in [-0.15, -0.1) is 5.11 Å². The largest absolute Gasteiger partial charge is 0.507 e. The van der Waals surface area contributed by atoms with Gasteiger partial charge >= 0.3 is 0 Å². The van der Waals surface area contributed by atoms with E-state index in [9.17, 15) is 14.7 Å². The minimum absolute atomic E-state index is 0.0586. The maximum Gasteiger partial charge on any atom is 0.287 e. The molecule has 0 aromatic heterocycles. The summed E-state index contributed by atoms with van der Waals surface area (Å²) in [6.45, 7) is 0.105. The molecule has 0 fully saturated rings. The van der Waals surface area contributed by atoms with Crippen molar-refractivity contribution in [1.82, 2.24) is 10.7 Å². The zero-order valence-electron chi connectivity index (χ0n) is 23.2. The number of carbonyl (C=O) groups excluding carboxylic acids is 2. The van der Waals surface area contributed by atoms with Gasteiger partial charge in [0.05, 0.1) is 17.6 Å². The van der Waals surface area contributed by atoms with Crippen molar-refractivity contribution in [1.29, 1.82) is 0 Å². The summed E-state index contributed by atoms with van der Waals surface area (Å²) in [6.07, 6.45) is 2.78. The van der Waals surface area contributed by atoms with E-state index in [-0.39, 0.29) is 18.2 Å². The molecule has 0 unspecified atom stereocenters. The monoisotopic (exact) mass is 583 g/mol. The first-order valence-electron chi connectivity index (χ1n) is 13.6. The lowest BCUT2D eigenvalue weighted by Crippen LogP contribution is -2.32. The van der Waals surface area contributed by atoms with Crippen LogP contribution in [0.3, 0.4) is 0 Å². The molecule has 0 saturated carbocycles. The average Bonchev–Trinajstić information content (AvgIpc) is 3.53. The van der Waals surface area contributed by atoms with Crippen LogP contribution in [0, 0.1) is 0 Å². The van der Waals surface area contributed by atoms with Gasteiger partial charge in [0.2, 0.25) is 6.79 Å². The topological polar surface area (TPSA) is 134 Å². The molecule has 10 nitrogen and oxygen atoms in total. The predicted molar refractivity (Wildman–Crippen MR) is 166 cm³/mol. The second kappa shape index (κ2) is 12.7. The number of benzene rings is 5. The van der Waals surface area contributed by atoms with Crippen LogP contribution in [-0.2, 0) is 4.79 Å². The smallest absolute Gasteiger partial charge is 0.287 e. The molecule has 3 N–H and O–H groups in total. The highest BCUT2D eigenvalue weighted by molar-refractivity contribution is 6.05. The molecule has 2 amide bonds. The molecule has 6 rings (SSSR count). The normalized spacial score (nSPS) is 12.6. The Bertz CT molecular complexity index is 1950. The van der Waals surface area contributed by atoms with Crippen molar-refractivity contribution in [2.75, 3.05) is 6.79 Å². The third kappa shape index (κ3) is 6.44. The number of aromatic hydroxyl groups is 1. The third-order valence-electron chi connectivity index (χ3n) is 6.66. The van der Waals surface area contributed by atoms with E-state index in [2.05, 4.69) is 26.1 Å². The number of ether oxygens (including phenoxy) is 2. The van der Waals surface area contributed by atoms with E-state index in [0.717, 1.165) is 10.8 Å². The third-order valence-corrected chi connectivity index (χ3v) is 6.66. The van der Waals surface area contributed by atoms with Gasteiger partial charge in [-0.3, -0.25) is 9.59 Å².